The van der Waals surface area contributed by atoms with Gasteiger partial charge in [0.25, 0.3) is 0 Å². The summed E-state index contributed by atoms with van der Waals surface area (Å²) in [5.74, 6) is -0.396. The van der Waals surface area contributed by atoms with Gasteiger partial charge in [-0.25, -0.2) is 14.0 Å². The molecule has 4 N–H and O–H groups in total. The van der Waals surface area contributed by atoms with Crippen LogP contribution in [0.25, 0.3) is 0 Å². The summed E-state index contributed by atoms with van der Waals surface area (Å²) in [6, 6.07) is 4.16. The Labute approximate surface area is 98.2 Å². The van der Waals surface area contributed by atoms with Crippen LogP contribution in [0.3, 0.4) is 0 Å². The van der Waals surface area contributed by atoms with Crippen LogP contribution >= 0.6 is 0 Å². The highest BCUT2D eigenvalue weighted by Crippen LogP contribution is 2.20. The Morgan fingerprint density at radius 1 is 1.35 bits per heavy atom. The molecule has 0 fully saturated rings. The van der Waals surface area contributed by atoms with Gasteiger partial charge in [0.1, 0.15) is 5.82 Å². The maximum Gasteiger partial charge on any atom is 0.323 e. The largest absolute Gasteiger partial charge is 0.351 e. The van der Waals surface area contributed by atoms with Gasteiger partial charge in [-0.15, -0.1) is 0 Å². The van der Waals surface area contributed by atoms with Crippen molar-refractivity contribution in [2.24, 2.45) is 5.73 Å². The lowest BCUT2D eigenvalue weighted by atomic mass is 9.94. The third-order valence-electron chi connectivity index (χ3n) is 2.21. The van der Waals surface area contributed by atoms with E-state index in [0.717, 1.165) is 0 Å². The highest BCUT2D eigenvalue weighted by Gasteiger charge is 2.23. The quantitative estimate of drug-likeness (QED) is 0.729. The van der Waals surface area contributed by atoms with Crippen molar-refractivity contribution >= 4 is 12.1 Å². The number of primary amides is 1. The Hall–Kier alpha value is -2.11. The van der Waals surface area contributed by atoms with E-state index in [0.29, 0.717) is 5.56 Å². The van der Waals surface area contributed by atoms with E-state index in [1.54, 1.807) is 26.0 Å². The molecule has 0 spiro atoms. The van der Waals surface area contributed by atoms with E-state index in [1.807, 2.05) is 5.32 Å². The highest BCUT2D eigenvalue weighted by atomic mass is 19.1. The molecule has 0 saturated heterocycles. The van der Waals surface area contributed by atoms with Crippen LogP contribution in [0.5, 0.6) is 0 Å². The van der Waals surface area contributed by atoms with Gasteiger partial charge in [0.2, 0.25) is 0 Å². The fourth-order valence-electron chi connectivity index (χ4n) is 1.38. The van der Waals surface area contributed by atoms with Gasteiger partial charge in [-0.05, 0) is 31.5 Å². The van der Waals surface area contributed by atoms with Gasteiger partial charge in [0.05, 0.1) is 5.54 Å². The number of hydrogen-bond donors (Lipinski definition) is 3. The predicted octanol–water partition coefficient (Wildman–Crippen LogP) is 1.44. The molecule has 6 heteroatoms. The molecule has 0 atom stereocenters. The van der Waals surface area contributed by atoms with Gasteiger partial charge in [-0.3, -0.25) is 5.32 Å². The topological polar surface area (TPSA) is 84.2 Å². The van der Waals surface area contributed by atoms with Crippen molar-refractivity contribution in [2.45, 2.75) is 19.4 Å². The van der Waals surface area contributed by atoms with E-state index in [1.165, 1.54) is 12.1 Å². The van der Waals surface area contributed by atoms with Crippen LogP contribution in [-0.4, -0.2) is 12.1 Å². The van der Waals surface area contributed by atoms with Crippen LogP contribution in [0.2, 0.25) is 0 Å². The lowest BCUT2D eigenvalue weighted by molar-refractivity contribution is 0.224. The Morgan fingerprint density at radius 2 is 2.00 bits per heavy atom. The molecular formula is C11H14FN3O2. The monoisotopic (exact) mass is 239 g/mol. The molecule has 1 aromatic carbocycles. The predicted molar refractivity (Wildman–Crippen MR) is 60.7 cm³/mol. The maximum absolute atomic E-state index is 13.0. The van der Waals surface area contributed by atoms with Crippen LogP contribution < -0.4 is 16.4 Å². The molecule has 0 unspecified atom stereocenters. The van der Waals surface area contributed by atoms with E-state index < -0.39 is 23.4 Å². The zero-order valence-electron chi connectivity index (χ0n) is 9.58. The normalized spacial score (nSPS) is 10.8. The number of hydrogen-bond acceptors (Lipinski definition) is 2. The summed E-state index contributed by atoms with van der Waals surface area (Å²) in [6.45, 7) is 3.37. The molecule has 4 amide bonds. The van der Waals surface area contributed by atoms with Crippen molar-refractivity contribution in [2.75, 3.05) is 0 Å². The zero-order valence-corrected chi connectivity index (χ0v) is 9.58. The summed E-state index contributed by atoms with van der Waals surface area (Å²) in [5.41, 5.74) is 4.57. The summed E-state index contributed by atoms with van der Waals surface area (Å²) in [7, 11) is 0. The molecule has 1 rings (SSSR count). The molecule has 0 heterocycles. The summed E-state index contributed by atoms with van der Waals surface area (Å²) >= 11 is 0. The van der Waals surface area contributed by atoms with Gasteiger partial charge in [-0.1, -0.05) is 12.1 Å². The Kier molecular flexibility index (Phi) is 3.67. The summed E-state index contributed by atoms with van der Waals surface area (Å²) < 4.78 is 13.0. The fourth-order valence-corrected chi connectivity index (χ4v) is 1.38. The average Bonchev–Trinajstić information content (AvgIpc) is 2.15. The van der Waals surface area contributed by atoms with Crippen molar-refractivity contribution < 1.29 is 14.0 Å². The van der Waals surface area contributed by atoms with Gasteiger partial charge in [0.15, 0.2) is 0 Å². The van der Waals surface area contributed by atoms with E-state index >= 15 is 0 Å². The SMILES string of the molecule is CC(C)(NC(=O)NC(N)=O)c1cccc(F)c1. The number of urea groups is 2. The lowest BCUT2D eigenvalue weighted by Crippen LogP contribution is -2.49. The number of nitrogens with one attached hydrogen (secondary N) is 2. The molecule has 0 aliphatic carbocycles. The van der Waals surface area contributed by atoms with Crippen molar-refractivity contribution in [1.82, 2.24) is 10.6 Å². The molecule has 0 bridgehead atoms. The summed E-state index contributed by atoms with van der Waals surface area (Å²) in [6.07, 6.45) is 0. The molecule has 17 heavy (non-hydrogen) atoms. The van der Waals surface area contributed by atoms with E-state index in [9.17, 15) is 14.0 Å². The first kappa shape index (κ1) is 13.0. The summed E-state index contributed by atoms with van der Waals surface area (Å²) in [5, 5.41) is 4.39. The minimum Gasteiger partial charge on any atom is -0.351 e. The Bertz CT molecular complexity index is 446. The lowest BCUT2D eigenvalue weighted by Gasteiger charge is -2.26. The number of amides is 4. The number of imide groups is 1. The minimum atomic E-state index is -0.947. The van der Waals surface area contributed by atoms with E-state index in [4.69, 9.17) is 5.73 Å². The Balaban J connectivity index is 2.81. The number of carbonyl (C=O) groups is 2. The molecule has 0 aliphatic rings. The first-order chi connectivity index (χ1) is 7.81. The average molecular weight is 239 g/mol. The van der Waals surface area contributed by atoms with E-state index in [2.05, 4.69) is 5.32 Å². The third kappa shape index (κ3) is 3.75. The van der Waals surface area contributed by atoms with Crippen LogP contribution in [0.15, 0.2) is 24.3 Å². The minimum absolute atomic E-state index is 0.396. The van der Waals surface area contributed by atoms with Crippen molar-refractivity contribution in [3.05, 3.63) is 35.6 Å². The smallest absolute Gasteiger partial charge is 0.323 e. The fraction of sp³-hybridized carbons (Fsp3) is 0.273. The zero-order chi connectivity index (χ0) is 13.1. The van der Waals surface area contributed by atoms with Crippen LogP contribution in [0.4, 0.5) is 14.0 Å². The second kappa shape index (κ2) is 4.82. The van der Waals surface area contributed by atoms with Crippen LogP contribution in [0.1, 0.15) is 19.4 Å². The molecule has 0 radical (unpaired) electrons. The van der Waals surface area contributed by atoms with E-state index in [-0.39, 0.29) is 0 Å². The molecule has 0 aromatic heterocycles. The van der Waals surface area contributed by atoms with Gasteiger partial charge in [-0.2, -0.15) is 0 Å². The second-order valence-corrected chi connectivity index (χ2v) is 4.08. The molecule has 5 nitrogen and oxygen atoms in total. The molecule has 0 saturated carbocycles. The Morgan fingerprint density at radius 3 is 2.53 bits per heavy atom. The van der Waals surface area contributed by atoms with Gasteiger partial charge >= 0.3 is 12.1 Å². The maximum atomic E-state index is 13.0. The molecule has 0 aliphatic heterocycles. The van der Waals surface area contributed by atoms with Crippen LogP contribution in [-0.2, 0) is 5.54 Å². The number of carbonyl (C=O) groups excluding carboxylic acids is 2. The first-order valence-electron chi connectivity index (χ1n) is 4.96. The number of halogens is 1. The third-order valence-corrected chi connectivity index (χ3v) is 2.21. The number of rotatable bonds is 2. The number of benzene rings is 1. The van der Waals surface area contributed by atoms with Gasteiger partial charge < -0.3 is 11.1 Å². The highest BCUT2D eigenvalue weighted by molar-refractivity contribution is 5.92. The van der Waals surface area contributed by atoms with Crippen molar-refractivity contribution in [3.63, 3.8) is 0 Å². The van der Waals surface area contributed by atoms with Crippen molar-refractivity contribution in [3.8, 4) is 0 Å². The van der Waals surface area contributed by atoms with Crippen LogP contribution in [0, 0.1) is 5.82 Å². The summed E-state index contributed by atoms with van der Waals surface area (Å²) in [4.78, 5) is 21.8. The molecule has 1 aromatic rings. The van der Waals surface area contributed by atoms with Gasteiger partial charge in [0, 0.05) is 0 Å². The molecule has 92 valence electrons. The van der Waals surface area contributed by atoms with Crippen molar-refractivity contribution in [1.29, 1.82) is 0 Å². The first-order valence-corrected chi connectivity index (χ1v) is 4.96. The standard InChI is InChI=1S/C11H14FN3O2/c1-11(2,15-10(17)14-9(13)16)7-4-3-5-8(12)6-7/h3-6H,1-2H3,(H4,13,14,15,16,17). The number of nitrogens with two attached hydrogens (primary N) is 1. The molecular weight excluding hydrogens is 225 g/mol. The second-order valence-electron chi connectivity index (χ2n) is 4.08.